The lowest BCUT2D eigenvalue weighted by molar-refractivity contribution is 0.162. The molecule has 0 aromatic heterocycles. The molecule has 1 aliphatic carbocycles. The van der Waals surface area contributed by atoms with Crippen molar-refractivity contribution >= 4 is 17.3 Å². The zero-order chi connectivity index (χ0) is 23.4. The number of thioether (sulfide) groups is 1. The average molecular weight is 445 g/mol. The van der Waals surface area contributed by atoms with Crippen molar-refractivity contribution in [1.82, 2.24) is 0 Å². The van der Waals surface area contributed by atoms with Crippen LogP contribution in [0.4, 0.5) is 0 Å². The van der Waals surface area contributed by atoms with Crippen LogP contribution in [-0.4, -0.2) is 5.75 Å². The van der Waals surface area contributed by atoms with E-state index in [0.717, 1.165) is 25.0 Å². The molecule has 2 aromatic carbocycles. The number of hydrogen-bond donors (Lipinski definition) is 0. The summed E-state index contributed by atoms with van der Waals surface area (Å²) in [5.74, 6) is 1.12. The second-order valence-corrected chi connectivity index (χ2v) is 11.7. The molecule has 2 aromatic rings. The van der Waals surface area contributed by atoms with Gasteiger partial charge in [0.1, 0.15) is 0 Å². The van der Waals surface area contributed by atoms with Gasteiger partial charge in [0, 0.05) is 10.6 Å². The van der Waals surface area contributed by atoms with Crippen molar-refractivity contribution in [2.45, 2.75) is 72.6 Å². The third-order valence-electron chi connectivity index (χ3n) is 7.17. The predicted molar refractivity (Wildman–Crippen MR) is 144 cm³/mol. The highest BCUT2D eigenvalue weighted by Gasteiger charge is 2.32. The van der Waals surface area contributed by atoms with Gasteiger partial charge in [0.25, 0.3) is 0 Å². The Bertz CT molecular complexity index is 990. The standard InChI is InChI=1S/C31H40S/c1-8-28(24-12-10-9-11-13-24)29(25-16-14-23(2)15-17-25)26-18-20-27(21-19-26)32-22-31(6,7)30(3,4)5/h9-10,12,14-21H,8,11,13,22H2,1-7H3/b29-28+. The van der Waals surface area contributed by atoms with Crippen LogP contribution < -0.4 is 0 Å². The lowest BCUT2D eigenvalue weighted by Crippen LogP contribution is -2.31. The van der Waals surface area contributed by atoms with Gasteiger partial charge < -0.3 is 0 Å². The van der Waals surface area contributed by atoms with Gasteiger partial charge in [-0.05, 0) is 77.0 Å². The first-order chi connectivity index (χ1) is 15.1. The molecule has 0 fully saturated rings. The van der Waals surface area contributed by atoms with E-state index in [0.29, 0.717) is 5.41 Å². The molecule has 0 heterocycles. The molecule has 0 saturated carbocycles. The molecular formula is C31H40S. The molecule has 0 bridgehead atoms. The summed E-state index contributed by atoms with van der Waals surface area (Å²) >= 11 is 1.98. The van der Waals surface area contributed by atoms with Gasteiger partial charge in [-0.25, -0.2) is 0 Å². The monoisotopic (exact) mass is 444 g/mol. The minimum atomic E-state index is 0.277. The molecule has 0 atom stereocenters. The van der Waals surface area contributed by atoms with Crippen molar-refractivity contribution < 1.29 is 0 Å². The molecule has 170 valence electrons. The SMILES string of the molecule is CC/C(C1=CC=CCC1)=C(/c1ccc(C)cc1)c1ccc(SCC(C)(C)C(C)(C)C)cc1. The highest BCUT2D eigenvalue weighted by molar-refractivity contribution is 7.99. The zero-order valence-electron chi connectivity index (χ0n) is 21.1. The third kappa shape index (κ3) is 5.87. The summed E-state index contributed by atoms with van der Waals surface area (Å²) in [4.78, 5) is 1.35. The summed E-state index contributed by atoms with van der Waals surface area (Å²) in [5.41, 5.74) is 8.86. The maximum atomic E-state index is 2.38. The van der Waals surface area contributed by atoms with Gasteiger partial charge in [0.15, 0.2) is 0 Å². The van der Waals surface area contributed by atoms with E-state index in [1.165, 1.54) is 38.3 Å². The summed E-state index contributed by atoms with van der Waals surface area (Å²) in [5, 5.41) is 0. The molecular weight excluding hydrogens is 404 g/mol. The molecule has 0 aliphatic heterocycles. The van der Waals surface area contributed by atoms with E-state index in [1.807, 2.05) is 11.8 Å². The van der Waals surface area contributed by atoms with E-state index in [-0.39, 0.29) is 5.41 Å². The van der Waals surface area contributed by atoms with Gasteiger partial charge in [-0.2, -0.15) is 0 Å². The molecule has 0 amide bonds. The number of hydrogen-bond acceptors (Lipinski definition) is 1. The van der Waals surface area contributed by atoms with Crippen molar-refractivity contribution in [2.24, 2.45) is 10.8 Å². The van der Waals surface area contributed by atoms with Crippen LogP contribution >= 0.6 is 11.8 Å². The van der Waals surface area contributed by atoms with Crippen LogP contribution in [0.1, 0.15) is 77.5 Å². The molecule has 0 N–H and O–H groups in total. The van der Waals surface area contributed by atoms with Crippen molar-refractivity contribution in [2.75, 3.05) is 5.75 Å². The molecule has 1 heteroatoms. The highest BCUT2D eigenvalue weighted by atomic mass is 32.2. The lowest BCUT2D eigenvalue weighted by Gasteiger charge is -2.38. The molecule has 0 nitrogen and oxygen atoms in total. The topological polar surface area (TPSA) is 0 Å². The fraction of sp³-hybridized carbons (Fsp3) is 0.419. The van der Waals surface area contributed by atoms with Gasteiger partial charge in [0.2, 0.25) is 0 Å². The first kappa shape index (κ1) is 24.6. The van der Waals surface area contributed by atoms with E-state index in [2.05, 4.69) is 115 Å². The Morgan fingerprint density at radius 2 is 1.47 bits per heavy atom. The molecule has 0 saturated heterocycles. The Kier molecular flexibility index (Phi) is 7.93. The van der Waals surface area contributed by atoms with Crippen molar-refractivity contribution in [3.05, 3.63) is 94.6 Å². The molecule has 0 radical (unpaired) electrons. The van der Waals surface area contributed by atoms with E-state index in [1.54, 1.807) is 0 Å². The van der Waals surface area contributed by atoms with E-state index >= 15 is 0 Å². The number of benzene rings is 2. The van der Waals surface area contributed by atoms with Crippen LogP contribution in [0.25, 0.3) is 5.57 Å². The van der Waals surface area contributed by atoms with Gasteiger partial charge in [-0.15, -0.1) is 11.8 Å². The fourth-order valence-electron chi connectivity index (χ4n) is 3.85. The smallest absolute Gasteiger partial charge is 0.00725 e. The maximum Gasteiger partial charge on any atom is 0.00725 e. The normalized spacial score (nSPS) is 15.4. The lowest BCUT2D eigenvalue weighted by atomic mass is 9.71. The van der Waals surface area contributed by atoms with Crippen LogP contribution in [0.3, 0.4) is 0 Å². The minimum absolute atomic E-state index is 0.277. The second-order valence-electron chi connectivity index (χ2n) is 10.7. The molecule has 1 aliphatic rings. The Morgan fingerprint density at radius 1 is 0.875 bits per heavy atom. The minimum Gasteiger partial charge on any atom is -0.126 e. The Morgan fingerprint density at radius 3 is 1.97 bits per heavy atom. The van der Waals surface area contributed by atoms with Crippen LogP contribution in [0.15, 0.2) is 82.8 Å². The predicted octanol–water partition coefficient (Wildman–Crippen LogP) is 9.65. The van der Waals surface area contributed by atoms with E-state index in [9.17, 15) is 0 Å². The number of rotatable bonds is 7. The molecule has 3 rings (SSSR count). The average Bonchev–Trinajstić information content (AvgIpc) is 2.77. The number of allylic oxidation sites excluding steroid dienone is 5. The summed E-state index contributed by atoms with van der Waals surface area (Å²) < 4.78 is 0. The van der Waals surface area contributed by atoms with Crippen molar-refractivity contribution in [1.29, 1.82) is 0 Å². The quantitative estimate of drug-likeness (QED) is 0.383. The maximum absolute atomic E-state index is 2.38. The Balaban J connectivity index is 1.97. The first-order valence-corrected chi connectivity index (χ1v) is 13.0. The van der Waals surface area contributed by atoms with Crippen molar-refractivity contribution in [3.63, 3.8) is 0 Å². The summed E-state index contributed by atoms with van der Waals surface area (Å²) in [6, 6.07) is 18.3. The summed E-state index contributed by atoms with van der Waals surface area (Å²) in [7, 11) is 0. The van der Waals surface area contributed by atoms with E-state index < -0.39 is 0 Å². The van der Waals surface area contributed by atoms with Crippen LogP contribution in [0, 0.1) is 17.8 Å². The molecule has 0 spiro atoms. The van der Waals surface area contributed by atoms with Gasteiger partial charge in [-0.3, -0.25) is 0 Å². The fourth-order valence-corrected chi connectivity index (χ4v) is 5.14. The first-order valence-electron chi connectivity index (χ1n) is 12.0. The zero-order valence-corrected chi connectivity index (χ0v) is 21.9. The van der Waals surface area contributed by atoms with E-state index in [4.69, 9.17) is 0 Å². The highest BCUT2D eigenvalue weighted by Crippen LogP contribution is 2.42. The van der Waals surface area contributed by atoms with Crippen LogP contribution in [0.5, 0.6) is 0 Å². The van der Waals surface area contributed by atoms with Gasteiger partial charge in [-0.1, -0.05) is 102 Å². The molecule has 32 heavy (non-hydrogen) atoms. The summed E-state index contributed by atoms with van der Waals surface area (Å²) in [6.07, 6.45) is 10.1. The van der Waals surface area contributed by atoms with Crippen LogP contribution in [-0.2, 0) is 0 Å². The van der Waals surface area contributed by atoms with Crippen molar-refractivity contribution in [3.8, 4) is 0 Å². The van der Waals surface area contributed by atoms with Gasteiger partial charge >= 0.3 is 0 Å². The molecule has 0 unspecified atom stereocenters. The summed E-state index contributed by atoms with van der Waals surface area (Å²) in [6.45, 7) is 16.2. The second kappa shape index (κ2) is 10.3. The largest absolute Gasteiger partial charge is 0.126 e. The van der Waals surface area contributed by atoms with Crippen LogP contribution in [0.2, 0.25) is 0 Å². The number of aryl methyl sites for hydroxylation is 1. The van der Waals surface area contributed by atoms with Gasteiger partial charge in [0.05, 0.1) is 0 Å². The third-order valence-corrected chi connectivity index (χ3v) is 8.64. The Hall–Kier alpha value is -1.99. The Labute approximate surface area is 200 Å².